The van der Waals surface area contributed by atoms with Gasteiger partial charge in [-0.3, -0.25) is 4.57 Å². The highest BCUT2D eigenvalue weighted by Crippen LogP contribution is 2.42. The van der Waals surface area contributed by atoms with E-state index in [2.05, 4.69) is 32.2 Å². The van der Waals surface area contributed by atoms with E-state index in [1.165, 1.54) is 6.33 Å². The van der Waals surface area contributed by atoms with Gasteiger partial charge in [0.1, 0.15) is 29.8 Å². The number of hydrogen-bond donors (Lipinski definition) is 4. The van der Waals surface area contributed by atoms with Crippen LogP contribution in [0.4, 0.5) is 26.1 Å². The number of anilines is 3. The van der Waals surface area contributed by atoms with Crippen LogP contribution in [0.5, 0.6) is 17.2 Å². The first-order valence-electron chi connectivity index (χ1n) is 15.4. The lowest BCUT2D eigenvalue weighted by Crippen LogP contribution is -2.41. The maximum absolute atomic E-state index is 13.7. The van der Waals surface area contributed by atoms with Crippen molar-refractivity contribution in [2.75, 3.05) is 58.6 Å². The molecule has 4 heterocycles. The topological polar surface area (TPSA) is 179 Å². The highest BCUT2D eigenvalue weighted by molar-refractivity contribution is 6.33. The number of nitrogens with zero attached hydrogens (tertiary/aromatic N) is 5. The minimum absolute atomic E-state index is 0.114. The molecular weight excluding hydrogens is 668 g/mol. The van der Waals surface area contributed by atoms with Gasteiger partial charge in [0.2, 0.25) is 6.23 Å². The van der Waals surface area contributed by atoms with Gasteiger partial charge in [0.25, 0.3) is 0 Å². The molecule has 0 unspecified atom stereocenters. The molecule has 5 N–H and O–H groups in total. The maximum atomic E-state index is 13.7. The fraction of sp³-hybridized carbons (Fsp3) is 0.438. The Bertz CT molecular complexity index is 1810. The highest BCUT2D eigenvalue weighted by Gasteiger charge is 2.59. The normalized spacial score (nSPS) is 20.8. The number of piperidine rings is 1. The van der Waals surface area contributed by atoms with Crippen LogP contribution in [0, 0.1) is 5.92 Å². The van der Waals surface area contributed by atoms with E-state index in [9.17, 15) is 18.7 Å². The number of benzene rings is 2. The number of aliphatic hydroxyl groups is 2. The minimum Gasteiger partial charge on any atom is -0.497 e. The smallest absolute Gasteiger partial charge is 0.351 e. The second-order valence-corrected chi connectivity index (χ2v) is 12.0. The van der Waals surface area contributed by atoms with Gasteiger partial charge in [0.15, 0.2) is 17.6 Å². The number of rotatable bonds is 9. The molecule has 4 aromatic rings. The molecule has 0 bridgehead atoms. The van der Waals surface area contributed by atoms with Crippen LogP contribution in [0.25, 0.3) is 10.9 Å². The molecule has 0 radical (unpaired) electrons. The molecule has 2 saturated heterocycles. The third-order valence-corrected chi connectivity index (χ3v) is 8.65. The van der Waals surface area contributed by atoms with Crippen LogP contribution in [0.15, 0.2) is 53.7 Å². The monoisotopic (exact) mass is 705 g/mol. The molecule has 14 nitrogen and oxygen atoms in total. The Morgan fingerprint density at radius 2 is 1.88 bits per heavy atom. The summed E-state index contributed by atoms with van der Waals surface area (Å²) in [4.78, 5) is 25.9. The number of aromatic nitrogens is 4. The van der Waals surface area contributed by atoms with Gasteiger partial charge in [0, 0.05) is 23.7 Å². The average Bonchev–Trinajstić information content (AvgIpc) is 3.32. The molecule has 2 aliphatic heterocycles. The van der Waals surface area contributed by atoms with E-state index in [1.54, 1.807) is 20.3 Å². The number of hydrogen-bond acceptors (Lipinski definition) is 13. The van der Waals surface area contributed by atoms with Crippen LogP contribution in [-0.2, 0) is 4.74 Å². The first-order valence-corrected chi connectivity index (χ1v) is 15.7. The summed E-state index contributed by atoms with van der Waals surface area (Å²) in [5, 5.41) is 22.8. The second kappa shape index (κ2) is 15.5. The molecule has 0 aliphatic carbocycles. The Hall–Kier alpha value is -4.35. The molecule has 3 atom stereocenters. The zero-order valence-corrected chi connectivity index (χ0v) is 27.8. The van der Waals surface area contributed by atoms with Gasteiger partial charge in [-0.05, 0) is 63.2 Å². The van der Waals surface area contributed by atoms with Crippen molar-refractivity contribution < 1.29 is 37.9 Å². The van der Waals surface area contributed by atoms with Crippen LogP contribution in [-0.4, -0.2) is 100 Å². The summed E-state index contributed by atoms with van der Waals surface area (Å²) < 4.78 is 49.8. The van der Waals surface area contributed by atoms with Gasteiger partial charge in [0.05, 0.1) is 43.7 Å². The van der Waals surface area contributed by atoms with E-state index in [0.717, 1.165) is 49.1 Å². The summed E-state index contributed by atoms with van der Waals surface area (Å²) in [6, 6.07) is 10.4. The van der Waals surface area contributed by atoms with Crippen LogP contribution in [0.2, 0.25) is 5.02 Å². The number of ether oxygens (including phenoxy) is 4. The molecule has 17 heteroatoms. The third kappa shape index (κ3) is 8.11. The Morgan fingerprint density at radius 3 is 2.53 bits per heavy atom. The summed E-state index contributed by atoms with van der Waals surface area (Å²) in [6.07, 6.45) is -0.883. The summed E-state index contributed by atoms with van der Waals surface area (Å²) >= 11 is 6.35. The Balaban J connectivity index is 0.000000221. The SMILES string of the molecule is COc1ccc(Cl)c(Nc2ncnc3cc(OCC4CCN(C)CC4)c(OC)cc23)c1.Nc1ccn([C@@H]2O[C@H](CO)[C@@H](O)C2(F)F)c(=O)n1. The predicted octanol–water partition coefficient (Wildman–Crippen LogP) is 3.48. The van der Waals surface area contributed by atoms with Crippen LogP contribution < -0.4 is 31.0 Å². The standard InChI is InChI=1S/C23H27ClN4O3.C9H11F2N3O4/c1-28-8-6-15(7-9-28)13-31-22-12-19-17(11-21(22)30-3)23(26-14-25-19)27-20-10-16(29-2)4-5-18(20)24;10-9(11)6(16)4(3-15)18-7(9)14-2-1-5(12)13-8(14)17/h4-5,10-12,14-15H,6-9,13H2,1-3H3,(H,25,26,27);1-2,4,6-7,15-16H,3H2,(H2,12,13,17)/t;4-,6-,7-/m.1/s1. The molecule has 2 fully saturated rings. The molecule has 2 aromatic carbocycles. The highest BCUT2D eigenvalue weighted by atomic mass is 35.5. The molecule has 0 spiro atoms. The lowest BCUT2D eigenvalue weighted by atomic mass is 9.98. The summed E-state index contributed by atoms with van der Waals surface area (Å²) in [7, 11) is 5.41. The average molecular weight is 706 g/mol. The number of nitrogens with two attached hydrogens (primary N) is 1. The molecule has 2 aromatic heterocycles. The Kier molecular flexibility index (Phi) is 11.3. The fourth-order valence-electron chi connectivity index (χ4n) is 5.45. The van der Waals surface area contributed by atoms with Crippen LogP contribution in [0.3, 0.4) is 0 Å². The van der Waals surface area contributed by atoms with Gasteiger partial charge in [-0.1, -0.05) is 11.6 Å². The van der Waals surface area contributed by atoms with Crippen LogP contribution >= 0.6 is 11.6 Å². The first kappa shape index (κ1) is 35.9. The first-order chi connectivity index (χ1) is 23.4. The van der Waals surface area contributed by atoms with Crippen molar-refractivity contribution in [1.29, 1.82) is 0 Å². The number of nitrogen functional groups attached to an aromatic ring is 1. The molecular formula is C32H38ClF2N7O7. The molecule has 6 rings (SSSR count). The fourth-order valence-corrected chi connectivity index (χ4v) is 5.61. The number of nitrogens with one attached hydrogen (secondary N) is 1. The molecule has 0 saturated carbocycles. The summed E-state index contributed by atoms with van der Waals surface area (Å²) in [6.45, 7) is 2.10. The largest absolute Gasteiger partial charge is 0.497 e. The Morgan fingerprint density at radius 1 is 1.12 bits per heavy atom. The predicted molar refractivity (Wildman–Crippen MR) is 178 cm³/mol. The van der Waals surface area contributed by atoms with Gasteiger partial charge >= 0.3 is 11.6 Å². The van der Waals surface area contributed by atoms with Crippen molar-refractivity contribution in [1.82, 2.24) is 24.4 Å². The van der Waals surface area contributed by atoms with E-state index >= 15 is 0 Å². The molecule has 49 heavy (non-hydrogen) atoms. The van der Waals surface area contributed by atoms with Gasteiger partial charge in [-0.25, -0.2) is 14.8 Å². The number of methoxy groups -OCH3 is 2. The Labute approximate surface area is 285 Å². The maximum Gasteiger partial charge on any atom is 0.351 e. The van der Waals surface area contributed by atoms with Crippen LogP contribution in [0.1, 0.15) is 19.1 Å². The minimum atomic E-state index is -3.71. The van der Waals surface area contributed by atoms with Crippen molar-refractivity contribution in [2.24, 2.45) is 5.92 Å². The molecule has 0 amide bonds. The quantitative estimate of drug-likeness (QED) is 0.199. The van der Waals surface area contributed by atoms with Gasteiger partial charge in [-0.15, -0.1) is 0 Å². The number of halogens is 3. The van der Waals surface area contributed by atoms with E-state index in [0.29, 0.717) is 50.9 Å². The van der Waals surface area contributed by atoms with Crippen molar-refractivity contribution >= 4 is 39.8 Å². The number of alkyl halides is 2. The van der Waals surface area contributed by atoms with Crippen molar-refractivity contribution in [3.05, 3.63) is 64.4 Å². The lowest BCUT2D eigenvalue weighted by molar-refractivity contribution is -0.140. The van der Waals surface area contributed by atoms with Gasteiger partial charge in [-0.2, -0.15) is 13.8 Å². The summed E-state index contributed by atoms with van der Waals surface area (Å²) in [5.41, 5.74) is 5.67. The number of fused-ring (bicyclic) bond motifs is 1. The summed E-state index contributed by atoms with van der Waals surface area (Å²) in [5.74, 6) is -0.610. The zero-order valence-electron chi connectivity index (χ0n) is 27.1. The molecule has 264 valence electrons. The number of aliphatic hydroxyl groups excluding tert-OH is 2. The van der Waals surface area contributed by atoms with Crippen molar-refractivity contribution in [2.45, 2.75) is 37.2 Å². The van der Waals surface area contributed by atoms with E-state index in [-0.39, 0.29) is 5.82 Å². The third-order valence-electron chi connectivity index (χ3n) is 8.32. The number of likely N-dealkylation sites (tertiary alicyclic amines) is 1. The van der Waals surface area contributed by atoms with E-state index < -0.39 is 36.7 Å². The lowest BCUT2D eigenvalue weighted by Gasteiger charge is -2.28. The van der Waals surface area contributed by atoms with Gasteiger partial charge < -0.3 is 45.1 Å². The zero-order chi connectivity index (χ0) is 35.3. The second-order valence-electron chi connectivity index (χ2n) is 11.6. The molecule has 2 aliphatic rings. The van der Waals surface area contributed by atoms with Crippen molar-refractivity contribution in [3.8, 4) is 17.2 Å². The van der Waals surface area contributed by atoms with E-state index in [4.69, 9.17) is 41.4 Å². The van der Waals surface area contributed by atoms with E-state index in [1.807, 2.05) is 24.3 Å². The van der Waals surface area contributed by atoms with Crippen molar-refractivity contribution in [3.63, 3.8) is 0 Å².